The van der Waals surface area contributed by atoms with E-state index in [1.54, 1.807) is 6.20 Å². The van der Waals surface area contributed by atoms with E-state index in [-0.39, 0.29) is 0 Å². The third-order valence-corrected chi connectivity index (χ3v) is 6.55. The molecular formula is C22H21ClN8O. The summed E-state index contributed by atoms with van der Waals surface area (Å²) >= 11 is 5.93. The molecule has 2 aliphatic rings. The van der Waals surface area contributed by atoms with Gasteiger partial charge in [-0.15, -0.1) is 5.10 Å². The molecule has 1 aromatic carbocycles. The maximum Gasteiger partial charge on any atom is 0.318 e. The number of hydrogen-bond donors (Lipinski definition) is 2. The molecule has 32 heavy (non-hydrogen) atoms. The summed E-state index contributed by atoms with van der Waals surface area (Å²) in [7, 11) is 0. The van der Waals surface area contributed by atoms with E-state index in [1.165, 1.54) is 5.56 Å². The van der Waals surface area contributed by atoms with Crippen LogP contribution in [0, 0.1) is 11.8 Å². The Kier molecular flexibility index (Phi) is 4.75. The molecule has 1 aliphatic heterocycles. The lowest BCUT2D eigenvalue weighted by molar-refractivity contribution is 0.543. The number of rotatable bonds is 7. The van der Waals surface area contributed by atoms with Gasteiger partial charge >= 0.3 is 6.01 Å². The van der Waals surface area contributed by atoms with Gasteiger partial charge in [-0.25, -0.2) is 4.98 Å². The molecule has 1 saturated heterocycles. The third kappa shape index (κ3) is 3.69. The number of aromatic amines is 1. The number of benzene rings is 1. The second kappa shape index (κ2) is 7.90. The molecule has 3 atom stereocenters. The van der Waals surface area contributed by atoms with Crippen molar-refractivity contribution in [2.45, 2.75) is 12.3 Å². The Morgan fingerprint density at radius 2 is 1.91 bits per heavy atom. The number of piperidine rings is 1. The molecule has 4 aromatic rings. The number of fused-ring (bicyclic) bond motifs is 1. The van der Waals surface area contributed by atoms with Crippen molar-refractivity contribution in [3.8, 4) is 11.5 Å². The summed E-state index contributed by atoms with van der Waals surface area (Å²) in [5.74, 6) is 2.94. The topological polar surface area (TPSA) is 109 Å². The lowest BCUT2D eigenvalue weighted by atomic mass is 10.1. The summed E-state index contributed by atoms with van der Waals surface area (Å²) in [6.45, 7) is 2.59. The van der Waals surface area contributed by atoms with E-state index in [2.05, 4.69) is 40.8 Å². The highest BCUT2D eigenvalue weighted by molar-refractivity contribution is 6.30. The third-order valence-electron chi connectivity index (χ3n) is 6.30. The van der Waals surface area contributed by atoms with Crippen LogP contribution in [-0.2, 0) is 6.42 Å². The quantitative estimate of drug-likeness (QED) is 0.442. The van der Waals surface area contributed by atoms with Gasteiger partial charge in [-0.3, -0.25) is 0 Å². The summed E-state index contributed by atoms with van der Waals surface area (Å²) < 4.78 is 5.94. The highest BCUT2D eigenvalue weighted by atomic mass is 35.5. The Bertz CT molecular complexity index is 1180. The second-order valence-corrected chi connectivity index (χ2v) is 8.71. The van der Waals surface area contributed by atoms with Crippen LogP contribution in [0.15, 0.2) is 53.2 Å². The van der Waals surface area contributed by atoms with E-state index < -0.39 is 0 Å². The molecule has 2 fully saturated rings. The summed E-state index contributed by atoms with van der Waals surface area (Å²) in [6.07, 6.45) is 4.47. The van der Waals surface area contributed by atoms with Gasteiger partial charge in [0.05, 0.1) is 17.5 Å². The molecule has 2 N–H and O–H groups in total. The number of aromatic nitrogens is 6. The Morgan fingerprint density at radius 3 is 2.62 bits per heavy atom. The summed E-state index contributed by atoms with van der Waals surface area (Å²) in [6, 6.07) is 12.3. The van der Waals surface area contributed by atoms with E-state index >= 15 is 0 Å². The number of hydrogen-bond acceptors (Lipinski definition) is 8. The number of nitrogens with zero attached hydrogens (tertiary/aromatic N) is 6. The first-order valence-electron chi connectivity index (χ1n) is 10.6. The van der Waals surface area contributed by atoms with Crippen LogP contribution < -0.4 is 10.2 Å². The number of anilines is 2. The molecule has 3 aromatic heterocycles. The zero-order chi connectivity index (χ0) is 21.5. The Morgan fingerprint density at radius 1 is 1.06 bits per heavy atom. The van der Waals surface area contributed by atoms with Gasteiger partial charge in [-0.05, 0) is 48.1 Å². The van der Waals surface area contributed by atoms with Crippen molar-refractivity contribution in [2.75, 3.05) is 29.9 Å². The zero-order valence-electron chi connectivity index (χ0n) is 17.1. The number of nitrogens with one attached hydrogen (secondary N) is 2. The fourth-order valence-corrected chi connectivity index (χ4v) is 4.69. The molecule has 10 heteroatoms. The van der Waals surface area contributed by atoms with Crippen LogP contribution in [0.5, 0.6) is 0 Å². The average Bonchev–Trinajstić information content (AvgIpc) is 3.35. The molecule has 162 valence electrons. The lowest BCUT2D eigenvalue weighted by Gasteiger charge is -2.15. The Hall–Kier alpha value is -3.46. The number of pyridine rings is 1. The monoisotopic (exact) mass is 448 g/mol. The molecule has 1 unspecified atom stereocenters. The minimum atomic E-state index is 0.480. The second-order valence-electron chi connectivity index (χ2n) is 8.28. The predicted octanol–water partition coefficient (Wildman–Crippen LogP) is 3.41. The van der Waals surface area contributed by atoms with Gasteiger partial charge in [-0.2, -0.15) is 15.4 Å². The van der Waals surface area contributed by atoms with Crippen molar-refractivity contribution in [3.63, 3.8) is 0 Å². The maximum atomic E-state index is 5.94. The predicted molar refractivity (Wildman–Crippen MR) is 119 cm³/mol. The van der Waals surface area contributed by atoms with Crippen LogP contribution >= 0.6 is 11.6 Å². The Balaban J connectivity index is 1.03. The smallest absolute Gasteiger partial charge is 0.318 e. The first kappa shape index (κ1) is 19.2. The van der Waals surface area contributed by atoms with Crippen LogP contribution in [0.1, 0.15) is 17.2 Å². The highest BCUT2D eigenvalue weighted by Crippen LogP contribution is 2.58. The fourth-order valence-electron chi connectivity index (χ4n) is 4.56. The van der Waals surface area contributed by atoms with E-state index in [0.29, 0.717) is 29.7 Å². The standard InChI is InChI=1S/C22H21ClN8O/c23-15-4-1-13(2-5-15)7-8-24-19-6-3-14(9-25-19)21-28-29-22(32-21)31-11-16-17(12-31)20(16)18-10-26-30-27-18/h1-6,9-10,16-17,20H,7-8,11-12H2,(H,24,25)(H,26,27,30)/t16-,17+,20?. The SMILES string of the molecule is Clc1ccc(CCNc2ccc(-c3nnc(N4C[C@@H]5C(c6cn[nH]n6)[C@@H]5C4)o3)cn2)cc1. The zero-order valence-corrected chi connectivity index (χ0v) is 17.9. The summed E-state index contributed by atoms with van der Waals surface area (Å²) in [5, 5.41) is 23.4. The molecule has 0 bridgehead atoms. The molecular weight excluding hydrogens is 428 g/mol. The van der Waals surface area contributed by atoms with Crippen LogP contribution in [0.4, 0.5) is 11.8 Å². The van der Waals surface area contributed by atoms with Crippen LogP contribution in [0.3, 0.4) is 0 Å². The fraction of sp³-hybridized carbons (Fsp3) is 0.318. The van der Waals surface area contributed by atoms with Crippen LogP contribution in [0.25, 0.3) is 11.5 Å². The number of halogens is 1. The van der Waals surface area contributed by atoms with Gasteiger partial charge in [-0.1, -0.05) is 28.8 Å². The minimum absolute atomic E-state index is 0.480. The summed E-state index contributed by atoms with van der Waals surface area (Å²) in [4.78, 5) is 6.63. The largest absolute Gasteiger partial charge is 0.403 e. The first-order chi connectivity index (χ1) is 15.7. The maximum absolute atomic E-state index is 5.94. The van der Waals surface area contributed by atoms with Crippen LogP contribution in [0.2, 0.25) is 5.02 Å². The molecule has 4 heterocycles. The lowest BCUT2D eigenvalue weighted by Crippen LogP contribution is -2.23. The van der Waals surface area contributed by atoms with E-state index in [1.807, 2.05) is 42.6 Å². The Labute approximate surface area is 189 Å². The number of H-pyrrole nitrogens is 1. The van der Waals surface area contributed by atoms with Gasteiger partial charge in [0.25, 0.3) is 5.89 Å². The van der Waals surface area contributed by atoms with Crippen molar-refractivity contribution in [1.82, 2.24) is 30.6 Å². The minimum Gasteiger partial charge on any atom is -0.403 e. The van der Waals surface area contributed by atoms with Crippen molar-refractivity contribution < 1.29 is 4.42 Å². The molecule has 1 saturated carbocycles. The van der Waals surface area contributed by atoms with Crippen molar-refractivity contribution in [2.24, 2.45) is 11.8 Å². The van der Waals surface area contributed by atoms with E-state index in [9.17, 15) is 0 Å². The van der Waals surface area contributed by atoms with Crippen molar-refractivity contribution in [3.05, 3.63) is 65.1 Å². The first-order valence-corrected chi connectivity index (χ1v) is 11.0. The molecule has 0 radical (unpaired) electrons. The highest BCUT2D eigenvalue weighted by Gasteiger charge is 2.58. The average molecular weight is 449 g/mol. The molecule has 6 rings (SSSR count). The van der Waals surface area contributed by atoms with Crippen LogP contribution in [-0.4, -0.2) is 50.2 Å². The normalized spacial score (nSPS) is 21.5. The van der Waals surface area contributed by atoms with E-state index in [4.69, 9.17) is 16.0 Å². The molecule has 0 amide bonds. The van der Waals surface area contributed by atoms with Gasteiger partial charge < -0.3 is 14.6 Å². The van der Waals surface area contributed by atoms with Gasteiger partial charge in [0.15, 0.2) is 0 Å². The van der Waals surface area contributed by atoms with Gasteiger partial charge in [0.1, 0.15) is 5.82 Å². The molecule has 0 spiro atoms. The molecule has 9 nitrogen and oxygen atoms in total. The van der Waals surface area contributed by atoms with Crippen molar-refractivity contribution in [1.29, 1.82) is 0 Å². The summed E-state index contributed by atoms with van der Waals surface area (Å²) in [5.41, 5.74) is 3.08. The van der Waals surface area contributed by atoms with Gasteiger partial charge in [0, 0.05) is 36.8 Å². The van der Waals surface area contributed by atoms with Gasteiger partial charge in [0.2, 0.25) is 0 Å². The van der Waals surface area contributed by atoms with Crippen molar-refractivity contribution >= 4 is 23.4 Å². The van der Waals surface area contributed by atoms with E-state index in [0.717, 1.165) is 48.2 Å². The molecule has 1 aliphatic carbocycles.